The Kier molecular flexibility index (Phi) is 4.76. The fraction of sp³-hybridized carbons (Fsp3) is 0.625. The van der Waals surface area contributed by atoms with Crippen molar-refractivity contribution in [1.82, 2.24) is 10.0 Å². The maximum absolute atomic E-state index is 12.8. The lowest BCUT2D eigenvalue weighted by Crippen LogP contribution is -2.45. The van der Waals surface area contributed by atoms with Gasteiger partial charge in [0, 0.05) is 12.6 Å². The van der Waals surface area contributed by atoms with E-state index in [1.165, 1.54) is 5.56 Å². The van der Waals surface area contributed by atoms with Gasteiger partial charge in [0.2, 0.25) is 10.0 Å². The fourth-order valence-electron chi connectivity index (χ4n) is 3.10. The molecule has 0 aliphatic carbocycles. The standard InChI is InChI=1S/C16H26N2O2S/c1-10-11(2)13(4)16(14(5)12(10)3)21(19,20)18-15-7-6-8-17-9-15/h15,17-18H,6-9H2,1-5H3/t15-/m0/s1. The van der Waals surface area contributed by atoms with Crippen LogP contribution >= 0.6 is 0 Å². The highest BCUT2D eigenvalue weighted by Gasteiger charge is 2.26. The Balaban J connectivity index is 2.45. The van der Waals surface area contributed by atoms with Crippen LogP contribution in [0.2, 0.25) is 0 Å². The molecule has 2 rings (SSSR count). The molecule has 0 saturated carbocycles. The van der Waals surface area contributed by atoms with Gasteiger partial charge in [-0.3, -0.25) is 0 Å². The summed E-state index contributed by atoms with van der Waals surface area (Å²) in [5.74, 6) is 0. The monoisotopic (exact) mass is 310 g/mol. The van der Waals surface area contributed by atoms with Gasteiger partial charge in [0.25, 0.3) is 0 Å². The lowest BCUT2D eigenvalue weighted by atomic mass is 9.95. The predicted octanol–water partition coefficient (Wildman–Crippen LogP) is 2.26. The van der Waals surface area contributed by atoms with E-state index in [9.17, 15) is 8.42 Å². The first kappa shape index (κ1) is 16.5. The van der Waals surface area contributed by atoms with Crippen LogP contribution in [0.1, 0.15) is 40.7 Å². The highest BCUT2D eigenvalue weighted by molar-refractivity contribution is 7.89. The molecule has 5 heteroatoms. The van der Waals surface area contributed by atoms with Crippen molar-refractivity contribution in [3.8, 4) is 0 Å². The normalized spacial score (nSPS) is 19.8. The summed E-state index contributed by atoms with van der Waals surface area (Å²) in [7, 11) is -3.47. The van der Waals surface area contributed by atoms with E-state index in [1.54, 1.807) is 0 Å². The Morgan fingerprint density at radius 2 is 1.48 bits per heavy atom. The van der Waals surface area contributed by atoms with Gasteiger partial charge in [-0.25, -0.2) is 13.1 Å². The van der Waals surface area contributed by atoms with Crippen molar-refractivity contribution in [2.45, 2.75) is 58.4 Å². The van der Waals surface area contributed by atoms with Crippen LogP contribution in [-0.4, -0.2) is 27.5 Å². The number of benzene rings is 1. The van der Waals surface area contributed by atoms with Gasteiger partial charge >= 0.3 is 0 Å². The van der Waals surface area contributed by atoms with Gasteiger partial charge in [-0.15, -0.1) is 0 Å². The minimum atomic E-state index is -3.47. The summed E-state index contributed by atoms with van der Waals surface area (Å²) in [5.41, 5.74) is 5.06. The number of hydrogen-bond donors (Lipinski definition) is 2. The zero-order valence-corrected chi connectivity index (χ0v) is 14.4. The number of piperidine rings is 1. The summed E-state index contributed by atoms with van der Waals surface area (Å²) in [6.45, 7) is 11.5. The van der Waals surface area contributed by atoms with Crippen LogP contribution in [0, 0.1) is 34.6 Å². The second-order valence-electron chi connectivity index (χ2n) is 6.12. The molecule has 4 nitrogen and oxygen atoms in total. The fourth-order valence-corrected chi connectivity index (χ4v) is 4.97. The molecule has 1 heterocycles. The van der Waals surface area contributed by atoms with Crippen LogP contribution in [0.4, 0.5) is 0 Å². The molecular formula is C16H26N2O2S. The maximum atomic E-state index is 12.8. The average Bonchev–Trinajstić information content (AvgIpc) is 2.43. The van der Waals surface area contributed by atoms with Crippen molar-refractivity contribution in [2.75, 3.05) is 13.1 Å². The van der Waals surface area contributed by atoms with Gasteiger partial charge in [0.15, 0.2) is 0 Å². The predicted molar refractivity (Wildman–Crippen MR) is 86.3 cm³/mol. The Hall–Kier alpha value is -0.910. The number of rotatable bonds is 3. The van der Waals surface area contributed by atoms with E-state index >= 15 is 0 Å². The van der Waals surface area contributed by atoms with Gasteiger partial charge in [-0.1, -0.05) is 0 Å². The lowest BCUT2D eigenvalue weighted by molar-refractivity contribution is 0.428. The molecule has 1 atom stereocenters. The van der Waals surface area contributed by atoms with Crippen LogP contribution in [0.15, 0.2) is 4.90 Å². The van der Waals surface area contributed by atoms with E-state index in [-0.39, 0.29) is 6.04 Å². The first-order valence-electron chi connectivity index (χ1n) is 7.55. The Morgan fingerprint density at radius 1 is 0.952 bits per heavy atom. The SMILES string of the molecule is Cc1c(C)c(C)c(S(=O)(=O)N[C@H]2CCCNC2)c(C)c1C. The van der Waals surface area contributed by atoms with E-state index in [0.717, 1.165) is 41.6 Å². The summed E-state index contributed by atoms with van der Waals surface area (Å²) in [5, 5.41) is 3.24. The molecule has 0 amide bonds. The Bertz CT molecular complexity index is 616. The zero-order chi connectivity index (χ0) is 15.8. The van der Waals surface area contributed by atoms with Gasteiger partial charge < -0.3 is 5.32 Å². The second-order valence-corrected chi connectivity index (χ2v) is 7.77. The Labute approximate surface area is 128 Å². The van der Waals surface area contributed by atoms with Gasteiger partial charge in [-0.05, 0) is 81.8 Å². The van der Waals surface area contributed by atoms with Gasteiger partial charge in [0.1, 0.15) is 0 Å². The first-order chi connectivity index (χ1) is 9.75. The third kappa shape index (κ3) is 3.15. The summed E-state index contributed by atoms with van der Waals surface area (Å²) in [6, 6.07) is -0.00975. The summed E-state index contributed by atoms with van der Waals surface area (Å²) in [6.07, 6.45) is 1.91. The molecule has 1 aliphatic heterocycles. The lowest BCUT2D eigenvalue weighted by Gasteiger charge is -2.25. The van der Waals surface area contributed by atoms with Crippen LogP contribution in [0.25, 0.3) is 0 Å². The van der Waals surface area contributed by atoms with E-state index in [1.807, 2.05) is 27.7 Å². The van der Waals surface area contributed by atoms with E-state index in [2.05, 4.69) is 17.0 Å². The molecule has 1 aromatic rings. The van der Waals surface area contributed by atoms with Crippen LogP contribution in [0.3, 0.4) is 0 Å². The molecule has 1 aromatic carbocycles. The van der Waals surface area contributed by atoms with Crippen LogP contribution in [0.5, 0.6) is 0 Å². The smallest absolute Gasteiger partial charge is 0.241 e. The van der Waals surface area contributed by atoms with E-state index in [0.29, 0.717) is 11.4 Å². The Morgan fingerprint density at radius 3 is 1.95 bits per heavy atom. The molecule has 1 fully saturated rings. The molecule has 0 aromatic heterocycles. The van der Waals surface area contributed by atoms with Crippen molar-refractivity contribution in [1.29, 1.82) is 0 Å². The van der Waals surface area contributed by atoms with Crippen LogP contribution in [-0.2, 0) is 10.0 Å². The third-order valence-corrected chi connectivity index (χ3v) is 6.61. The molecular weight excluding hydrogens is 284 g/mol. The van der Waals surface area contributed by atoms with Crippen LogP contribution < -0.4 is 10.0 Å². The highest BCUT2D eigenvalue weighted by atomic mass is 32.2. The quantitative estimate of drug-likeness (QED) is 0.900. The maximum Gasteiger partial charge on any atom is 0.241 e. The molecule has 1 aliphatic rings. The molecule has 0 unspecified atom stereocenters. The van der Waals surface area contributed by atoms with Crippen molar-refractivity contribution >= 4 is 10.0 Å². The molecule has 0 radical (unpaired) electrons. The summed E-state index contributed by atoms with van der Waals surface area (Å²) >= 11 is 0. The first-order valence-corrected chi connectivity index (χ1v) is 9.04. The van der Waals surface area contributed by atoms with Gasteiger partial charge in [0.05, 0.1) is 4.90 Å². The zero-order valence-electron chi connectivity index (χ0n) is 13.6. The minimum absolute atomic E-state index is 0.00975. The molecule has 0 bridgehead atoms. The molecule has 0 spiro atoms. The minimum Gasteiger partial charge on any atom is -0.315 e. The van der Waals surface area contributed by atoms with E-state index in [4.69, 9.17) is 0 Å². The van der Waals surface area contributed by atoms with Gasteiger partial charge in [-0.2, -0.15) is 0 Å². The third-order valence-electron chi connectivity index (χ3n) is 4.82. The summed E-state index contributed by atoms with van der Waals surface area (Å²) in [4.78, 5) is 0.466. The van der Waals surface area contributed by atoms with E-state index < -0.39 is 10.0 Å². The number of sulfonamides is 1. The van der Waals surface area contributed by atoms with Crippen molar-refractivity contribution < 1.29 is 8.42 Å². The largest absolute Gasteiger partial charge is 0.315 e. The highest BCUT2D eigenvalue weighted by Crippen LogP contribution is 2.29. The molecule has 2 N–H and O–H groups in total. The average molecular weight is 310 g/mol. The van der Waals surface area contributed by atoms with Crippen molar-refractivity contribution in [2.24, 2.45) is 0 Å². The second kappa shape index (κ2) is 6.07. The molecule has 118 valence electrons. The summed E-state index contributed by atoms with van der Waals surface area (Å²) < 4.78 is 28.5. The van der Waals surface area contributed by atoms with Crippen molar-refractivity contribution in [3.63, 3.8) is 0 Å². The number of nitrogens with one attached hydrogen (secondary N) is 2. The number of hydrogen-bond acceptors (Lipinski definition) is 3. The molecule has 1 saturated heterocycles. The molecule has 21 heavy (non-hydrogen) atoms. The van der Waals surface area contributed by atoms with Crippen molar-refractivity contribution in [3.05, 3.63) is 27.8 Å². The topological polar surface area (TPSA) is 58.2 Å².